The number of rotatable bonds is 5. The summed E-state index contributed by atoms with van der Waals surface area (Å²) in [5.41, 5.74) is 2.96. The van der Waals surface area contributed by atoms with Crippen LogP contribution in [0.15, 0.2) is 35.1 Å². The smallest absolute Gasteiger partial charge is 0.348 e. The molecule has 1 saturated heterocycles. The maximum Gasteiger partial charge on any atom is 0.348 e. The second-order valence-corrected chi connectivity index (χ2v) is 6.38. The number of aryl methyl sites for hydroxylation is 2. The summed E-state index contributed by atoms with van der Waals surface area (Å²) in [5.74, 6) is -0.149. The van der Waals surface area contributed by atoms with Crippen molar-refractivity contribution in [3.8, 4) is 0 Å². The molecule has 0 saturated carbocycles. The predicted molar refractivity (Wildman–Crippen MR) is 99.8 cm³/mol. The average Bonchev–Trinajstić information content (AvgIpc) is 2.64. The molecule has 0 bridgehead atoms. The van der Waals surface area contributed by atoms with Gasteiger partial charge in [0.25, 0.3) is 5.91 Å². The van der Waals surface area contributed by atoms with Gasteiger partial charge in [0.2, 0.25) is 0 Å². The Labute approximate surface area is 152 Å². The van der Waals surface area contributed by atoms with Gasteiger partial charge in [0.15, 0.2) is 0 Å². The minimum absolute atomic E-state index is 0.149. The number of nitrogens with zero attached hydrogens (tertiary/aromatic N) is 3. The fourth-order valence-electron chi connectivity index (χ4n) is 3.08. The lowest BCUT2D eigenvalue weighted by Crippen LogP contribution is -2.36. The Kier molecular flexibility index (Phi) is 5.68. The van der Waals surface area contributed by atoms with Crippen LogP contribution in [0.25, 0.3) is 0 Å². The van der Waals surface area contributed by atoms with Crippen LogP contribution in [0.2, 0.25) is 0 Å². The lowest BCUT2D eigenvalue weighted by Gasteiger charge is -2.28. The van der Waals surface area contributed by atoms with E-state index >= 15 is 0 Å². The zero-order valence-electron chi connectivity index (χ0n) is 15.2. The van der Waals surface area contributed by atoms with Crippen molar-refractivity contribution in [2.24, 2.45) is 0 Å². The van der Waals surface area contributed by atoms with Gasteiger partial charge in [-0.3, -0.25) is 9.36 Å². The highest BCUT2D eigenvalue weighted by atomic mass is 16.5. The standard InChI is InChI=1S/C19H24N4O3/c1-14-13-15(2)23(19(25)21-14)8-7-20-18(24)16-3-5-17(6-4-16)22-9-11-26-12-10-22/h3-6,13H,7-12H2,1-2H3,(H,20,24). The van der Waals surface area contributed by atoms with Crippen molar-refractivity contribution in [2.75, 3.05) is 37.7 Å². The summed E-state index contributed by atoms with van der Waals surface area (Å²) in [6, 6.07) is 9.42. The first-order valence-corrected chi connectivity index (χ1v) is 8.80. The van der Waals surface area contributed by atoms with Crippen molar-refractivity contribution in [1.29, 1.82) is 0 Å². The summed E-state index contributed by atoms with van der Waals surface area (Å²) in [4.78, 5) is 30.4. The van der Waals surface area contributed by atoms with E-state index in [0.717, 1.165) is 37.7 Å². The largest absolute Gasteiger partial charge is 0.378 e. The lowest BCUT2D eigenvalue weighted by molar-refractivity contribution is 0.0952. The highest BCUT2D eigenvalue weighted by Gasteiger charge is 2.12. The number of carbonyl (C=O) groups excluding carboxylic acids is 1. The van der Waals surface area contributed by atoms with Crippen LogP contribution < -0.4 is 15.9 Å². The number of anilines is 1. The van der Waals surface area contributed by atoms with E-state index < -0.39 is 0 Å². The van der Waals surface area contributed by atoms with Gasteiger partial charge in [-0.2, -0.15) is 4.98 Å². The van der Waals surface area contributed by atoms with Gasteiger partial charge < -0.3 is 15.0 Å². The van der Waals surface area contributed by atoms with E-state index in [1.54, 1.807) is 11.5 Å². The van der Waals surface area contributed by atoms with E-state index in [-0.39, 0.29) is 11.6 Å². The van der Waals surface area contributed by atoms with Gasteiger partial charge in [-0.25, -0.2) is 4.79 Å². The quantitative estimate of drug-likeness (QED) is 0.869. The van der Waals surface area contributed by atoms with E-state index in [0.29, 0.717) is 24.3 Å². The van der Waals surface area contributed by atoms with E-state index in [1.165, 1.54) is 0 Å². The molecule has 7 heteroatoms. The summed E-state index contributed by atoms with van der Waals surface area (Å²) in [6.07, 6.45) is 0. The van der Waals surface area contributed by atoms with Gasteiger partial charge in [0, 0.05) is 48.8 Å². The summed E-state index contributed by atoms with van der Waals surface area (Å²) >= 11 is 0. The Morgan fingerprint density at radius 3 is 2.54 bits per heavy atom. The molecule has 0 aliphatic carbocycles. The van der Waals surface area contributed by atoms with Crippen LogP contribution in [0.5, 0.6) is 0 Å². The minimum atomic E-state index is -0.286. The zero-order chi connectivity index (χ0) is 18.5. The first-order chi connectivity index (χ1) is 12.5. The van der Waals surface area contributed by atoms with Crippen LogP contribution in [0.1, 0.15) is 21.7 Å². The molecule has 0 spiro atoms. The van der Waals surface area contributed by atoms with Crippen molar-refractivity contribution in [2.45, 2.75) is 20.4 Å². The average molecular weight is 356 g/mol. The number of aromatic nitrogens is 2. The fraction of sp³-hybridized carbons (Fsp3) is 0.421. The molecular formula is C19H24N4O3. The molecule has 2 aromatic rings. The van der Waals surface area contributed by atoms with Crippen molar-refractivity contribution in [3.63, 3.8) is 0 Å². The molecule has 1 aromatic heterocycles. The normalized spacial score (nSPS) is 14.3. The second-order valence-electron chi connectivity index (χ2n) is 6.38. The molecule has 1 aliphatic heterocycles. The summed E-state index contributed by atoms with van der Waals surface area (Å²) in [5, 5.41) is 2.86. The van der Waals surface area contributed by atoms with Gasteiger partial charge >= 0.3 is 5.69 Å². The molecule has 1 aromatic carbocycles. The molecule has 1 fully saturated rings. The third-order valence-electron chi connectivity index (χ3n) is 4.47. The van der Waals surface area contributed by atoms with Crippen molar-refractivity contribution in [3.05, 3.63) is 57.8 Å². The summed E-state index contributed by atoms with van der Waals surface area (Å²) < 4.78 is 6.92. The maximum absolute atomic E-state index is 12.3. The van der Waals surface area contributed by atoms with Crippen LogP contribution in [-0.2, 0) is 11.3 Å². The number of hydrogen-bond donors (Lipinski definition) is 1. The Morgan fingerprint density at radius 1 is 1.19 bits per heavy atom. The first-order valence-electron chi connectivity index (χ1n) is 8.80. The Bertz CT molecular complexity index is 824. The Morgan fingerprint density at radius 2 is 1.88 bits per heavy atom. The van der Waals surface area contributed by atoms with E-state index in [2.05, 4.69) is 15.2 Å². The number of hydrogen-bond acceptors (Lipinski definition) is 5. The molecule has 0 radical (unpaired) electrons. The predicted octanol–water partition coefficient (Wildman–Crippen LogP) is 1.13. The minimum Gasteiger partial charge on any atom is -0.378 e. The highest BCUT2D eigenvalue weighted by molar-refractivity contribution is 5.94. The van der Waals surface area contributed by atoms with Crippen LogP contribution in [-0.4, -0.2) is 48.3 Å². The summed E-state index contributed by atoms with van der Waals surface area (Å²) in [6.45, 7) is 7.62. The van der Waals surface area contributed by atoms with Gasteiger partial charge in [-0.1, -0.05) is 0 Å². The molecule has 1 N–H and O–H groups in total. The molecule has 0 unspecified atom stereocenters. The maximum atomic E-state index is 12.3. The van der Waals surface area contributed by atoms with Crippen LogP contribution in [0.4, 0.5) is 5.69 Å². The van der Waals surface area contributed by atoms with Gasteiger partial charge in [0.1, 0.15) is 0 Å². The molecular weight excluding hydrogens is 332 g/mol. The number of carbonyl (C=O) groups is 1. The number of morpholine rings is 1. The van der Waals surface area contributed by atoms with Crippen LogP contribution in [0, 0.1) is 13.8 Å². The van der Waals surface area contributed by atoms with Gasteiger partial charge in [-0.05, 0) is 44.2 Å². The molecule has 0 atom stereocenters. The molecule has 2 heterocycles. The number of nitrogens with one attached hydrogen (secondary N) is 1. The monoisotopic (exact) mass is 356 g/mol. The summed E-state index contributed by atoms with van der Waals surface area (Å²) in [7, 11) is 0. The molecule has 26 heavy (non-hydrogen) atoms. The third-order valence-corrected chi connectivity index (χ3v) is 4.47. The third kappa shape index (κ3) is 4.29. The topological polar surface area (TPSA) is 76.5 Å². The highest BCUT2D eigenvalue weighted by Crippen LogP contribution is 2.16. The number of amides is 1. The lowest BCUT2D eigenvalue weighted by atomic mass is 10.1. The number of ether oxygens (including phenoxy) is 1. The molecule has 3 rings (SSSR count). The Balaban J connectivity index is 1.56. The second kappa shape index (κ2) is 8.14. The SMILES string of the molecule is Cc1cc(C)n(CCNC(=O)c2ccc(N3CCOCC3)cc2)c(=O)n1. The van der Waals surface area contributed by atoms with Gasteiger partial charge in [-0.15, -0.1) is 0 Å². The van der Waals surface area contributed by atoms with Crippen LogP contribution in [0.3, 0.4) is 0 Å². The first kappa shape index (κ1) is 18.1. The van der Waals surface area contributed by atoms with E-state index in [1.807, 2.05) is 37.3 Å². The van der Waals surface area contributed by atoms with Gasteiger partial charge in [0.05, 0.1) is 13.2 Å². The Hall–Kier alpha value is -2.67. The van der Waals surface area contributed by atoms with Crippen molar-refractivity contribution < 1.29 is 9.53 Å². The zero-order valence-corrected chi connectivity index (χ0v) is 15.2. The van der Waals surface area contributed by atoms with Crippen molar-refractivity contribution in [1.82, 2.24) is 14.9 Å². The molecule has 7 nitrogen and oxygen atoms in total. The molecule has 1 aliphatic rings. The molecule has 1 amide bonds. The number of benzene rings is 1. The van der Waals surface area contributed by atoms with E-state index in [4.69, 9.17) is 4.74 Å². The fourth-order valence-corrected chi connectivity index (χ4v) is 3.08. The van der Waals surface area contributed by atoms with Crippen LogP contribution >= 0.6 is 0 Å². The van der Waals surface area contributed by atoms with Crippen molar-refractivity contribution >= 4 is 11.6 Å². The van der Waals surface area contributed by atoms with E-state index in [9.17, 15) is 9.59 Å². The molecule has 138 valence electrons.